The first-order valence-corrected chi connectivity index (χ1v) is 6.95. The number of nitro benzene ring substituents is 1. The zero-order chi connectivity index (χ0) is 13.7. The first-order valence-electron chi connectivity index (χ1n) is 6.16. The molecule has 1 aromatic rings. The highest BCUT2D eigenvalue weighted by molar-refractivity contribution is 9.10. The van der Waals surface area contributed by atoms with Gasteiger partial charge in [-0.1, -0.05) is 19.9 Å². The summed E-state index contributed by atoms with van der Waals surface area (Å²) in [5.74, 6) is 0. The highest BCUT2D eigenvalue weighted by atomic mass is 79.9. The summed E-state index contributed by atoms with van der Waals surface area (Å²) < 4.78 is 0.530. The lowest BCUT2D eigenvalue weighted by atomic mass is 10.1. The second-order valence-electron chi connectivity index (χ2n) is 4.36. The fourth-order valence-electron chi connectivity index (χ4n) is 1.87. The Kier molecular flexibility index (Phi) is 5.75. The Labute approximate surface area is 116 Å². The first kappa shape index (κ1) is 15.1. The quantitative estimate of drug-likeness (QED) is 0.589. The van der Waals surface area contributed by atoms with Crippen molar-refractivity contribution in [1.82, 2.24) is 4.90 Å². The smallest absolute Gasteiger partial charge is 0.283 e. The lowest BCUT2D eigenvalue weighted by Crippen LogP contribution is -2.31. The number of rotatable bonds is 6. The Morgan fingerprint density at radius 2 is 2.11 bits per heavy atom. The van der Waals surface area contributed by atoms with Crippen LogP contribution in [-0.2, 0) is 6.54 Å². The maximum Gasteiger partial charge on any atom is 0.283 e. The van der Waals surface area contributed by atoms with Gasteiger partial charge < -0.3 is 0 Å². The fraction of sp³-hybridized carbons (Fsp3) is 0.538. The molecule has 1 unspecified atom stereocenters. The Hall–Kier alpha value is -0.940. The van der Waals surface area contributed by atoms with E-state index in [-0.39, 0.29) is 10.6 Å². The van der Waals surface area contributed by atoms with E-state index in [2.05, 4.69) is 41.6 Å². The van der Waals surface area contributed by atoms with E-state index < -0.39 is 0 Å². The van der Waals surface area contributed by atoms with Crippen LogP contribution in [0.2, 0.25) is 0 Å². The van der Waals surface area contributed by atoms with Gasteiger partial charge in [0.25, 0.3) is 5.69 Å². The number of nitrogens with zero attached hydrogens (tertiary/aromatic N) is 2. The van der Waals surface area contributed by atoms with Crippen molar-refractivity contribution in [1.29, 1.82) is 0 Å². The van der Waals surface area contributed by atoms with E-state index in [1.165, 1.54) is 0 Å². The number of halogens is 1. The minimum Gasteiger partial charge on any atom is -0.297 e. The topological polar surface area (TPSA) is 46.4 Å². The van der Waals surface area contributed by atoms with E-state index in [4.69, 9.17) is 0 Å². The minimum atomic E-state index is -0.354. The molecule has 0 amide bonds. The number of hydrogen-bond donors (Lipinski definition) is 0. The van der Waals surface area contributed by atoms with Gasteiger partial charge in [-0.3, -0.25) is 15.0 Å². The Morgan fingerprint density at radius 1 is 1.44 bits per heavy atom. The van der Waals surface area contributed by atoms with Crippen molar-refractivity contribution >= 4 is 21.6 Å². The summed E-state index contributed by atoms with van der Waals surface area (Å²) in [5, 5.41) is 10.9. The van der Waals surface area contributed by atoms with Gasteiger partial charge in [0.05, 0.1) is 9.40 Å². The maximum atomic E-state index is 10.9. The fourth-order valence-corrected chi connectivity index (χ4v) is 2.26. The van der Waals surface area contributed by atoms with Crippen LogP contribution in [0.25, 0.3) is 0 Å². The summed E-state index contributed by atoms with van der Waals surface area (Å²) in [6.07, 6.45) is 1.08. The number of benzene rings is 1. The van der Waals surface area contributed by atoms with Gasteiger partial charge in [0.1, 0.15) is 0 Å². The van der Waals surface area contributed by atoms with Crippen LogP contribution in [0.5, 0.6) is 0 Å². The molecule has 0 aliphatic carbocycles. The first-order chi connectivity index (χ1) is 8.49. The van der Waals surface area contributed by atoms with Gasteiger partial charge in [0.2, 0.25) is 0 Å². The van der Waals surface area contributed by atoms with Crippen molar-refractivity contribution in [2.24, 2.45) is 0 Å². The Balaban J connectivity index is 2.90. The second-order valence-corrected chi connectivity index (χ2v) is 5.22. The SMILES string of the molecule is CCC(C)N(CC)Cc1ccc(Br)c([N+](=O)[O-])c1. The number of hydrogen-bond acceptors (Lipinski definition) is 3. The molecule has 18 heavy (non-hydrogen) atoms. The van der Waals surface area contributed by atoms with E-state index in [0.717, 1.165) is 25.1 Å². The van der Waals surface area contributed by atoms with E-state index in [9.17, 15) is 10.1 Å². The summed E-state index contributed by atoms with van der Waals surface area (Å²) in [5.41, 5.74) is 1.11. The van der Waals surface area contributed by atoms with Crippen LogP contribution in [-0.4, -0.2) is 22.4 Å². The average molecular weight is 315 g/mol. The zero-order valence-electron chi connectivity index (χ0n) is 11.0. The average Bonchev–Trinajstić information content (AvgIpc) is 2.36. The van der Waals surface area contributed by atoms with Crippen LogP contribution in [0, 0.1) is 10.1 Å². The monoisotopic (exact) mass is 314 g/mol. The van der Waals surface area contributed by atoms with Crippen LogP contribution < -0.4 is 0 Å². The van der Waals surface area contributed by atoms with Gasteiger partial charge in [0.15, 0.2) is 0 Å². The molecule has 0 saturated carbocycles. The van der Waals surface area contributed by atoms with Crippen LogP contribution in [0.1, 0.15) is 32.8 Å². The third-order valence-corrected chi connectivity index (χ3v) is 3.88. The molecule has 1 atom stereocenters. The van der Waals surface area contributed by atoms with Crippen LogP contribution in [0.3, 0.4) is 0 Å². The third kappa shape index (κ3) is 3.78. The molecule has 0 N–H and O–H groups in total. The standard InChI is InChI=1S/C13H19BrN2O2/c1-4-10(3)15(5-2)9-11-6-7-12(14)13(8-11)16(17)18/h6-8,10H,4-5,9H2,1-3H3. The van der Waals surface area contributed by atoms with E-state index in [0.29, 0.717) is 10.5 Å². The highest BCUT2D eigenvalue weighted by Gasteiger charge is 2.15. The van der Waals surface area contributed by atoms with Crippen molar-refractivity contribution in [3.63, 3.8) is 0 Å². The number of nitro groups is 1. The van der Waals surface area contributed by atoms with Gasteiger partial charge in [0, 0.05) is 18.7 Å². The molecule has 0 aliphatic rings. The molecular weight excluding hydrogens is 296 g/mol. The summed E-state index contributed by atoms with van der Waals surface area (Å²) >= 11 is 3.20. The Morgan fingerprint density at radius 3 is 2.61 bits per heavy atom. The molecule has 100 valence electrons. The normalized spacial score (nSPS) is 12.7. The lowest BCUT2D eigenvalue weighted by molar-refractivity contribution is -0.385. The van der Waals surface area contributed by atoms with E-state index in [1.54, 1.807) is 12.1 Å². The zero-order valence-corrected chi connectivity index (χ0v) is 12.6. The highest BCUT2D eigenvalue weighted by Crippen LogP contribution is 2.26. The molecule has 0 spiro atoms. The molecule has 0 aromatic heterocycles. The van der Waals surface area contributed by atoms with Crippen molar-refractivity contribution in [2.45, 2.75) is 39.8 Å². The van der Waals surface area contributed by atoms with E-state index >= 15 is 0 Å². The van der Waals surface area contributed by atoms with Gasteiger partial charge in [-0.05, 0) is 47.4 Å². The largest absolute Gasteiger partial charge is 0.297 e. The molecule has 0 fully saturated rings. The van der Waals surface area contributed by atoms with Crippen molar-refractivity contribution in [3.8, 4) is 0 Å². The van der Waals surface area contributed by atoms with Crippen molar-refractivity contribution < 1.29 is 4.92 Å². The predicted octanol–water partition coefficient (Wildman–Crippen LogP) is 3.98. The van der Waals surface area contributed by atoms with E-state index in [1.807, 2.05) is 6.07 Å². The molecule has 1 aromatic carbocycles. The van der Waals surface area contributed by atoms with Crippen molar-refractivity contribution in [3.05, 3.63) is 38.3 Å². The third-order valence-electron chi connectivity index (χ3n) is 3.21. The molecule has 0 heterocycles. The van der Waals surface area contributed by atoms with Gasteiger partial charge in [-0.25, -0.2) is 0 Å². The molecule has 0 radical (unpaired) electrons. The molecular formula is C13H19BrN2O2. The molecule has 0 aliphatic heterocycles. The summed E-state index contributed by atoms with van der Waals surface area (Å²) in [7, 11) is 0. The van der Waals surface area contributed by atoms with Gasteiger partial charge in [-0.15, -0.1) is 0 Å². The van der Waals surface area contributed by atoms with Gasteiger partial charge >= 0.3 is 0 Å². The molecule has 0 saturated heterocycles. The molecule has 5 heteroatoms. The maximum absolute atomic E-state index is 10.9. The predicted molar refractivity (Wildman–Crippen MR) is 76.6 cm³/mol. The Bertz CT molecular complexity index is 423. The van der Waals surface area contributed by atoms with Crippen LogP contribution in [0.15, 0.2) is 22.7 Å². The van der Waals surface area contributed by atoms with Gasteiger partial charge in [-0.2, -0.15) is 0 Å². The second kappa shape index (κ2) is 6.85. The minimum absolute atomic E-state index is 0.132. The summed E-state index contributed by atoms with van der Waals surface area (Å²) in [6.45, 7) is 8.13. The van der Waals surface area contributed by atoms with Crippen LogP contribution in [0.4, 0.5) is 5.69 Å². The molecule has 4 nitrogen and oxygen atoms in total. The summed E-state index contributed by atoms with van der Waals surface area (Å²) in [4.78, 5) is 12.8. The van der Waals surface area contributed by atoms with Crippen LogP contribution >= 0.6 is 15.9 Å². The molecule has 1 rings (SSSR count). The lowest BCUT2D eigenvalue weighted by Gasteiger charge is -2.26. The molecule has 0 bridgehead atoms. The van der Waals surface area contributed by atoms with Crippen molar-refractivity contribution in [2.75, 3.05) is 6.54 Å². The summed E-state index contributed by atoms with van der Waals surface area (Å²) in [6, 6.07) is 5.81.